The van der Waals surface area contributed by atoms with E-state index in [2.05, 4.69) is 29.8 Å². The fraction of sp³-hybridized carbons (Fsp3) is 0.375. The van der Waals surface area contributed by atoms with Crippen LogP contribution in [0.5, 0.6) is 0 Å². The number of H-pyrrole nitrogens is 1. The molecule has 8 heteroatoms. The lowest BCUT2D eigenvalue weighted by Crippen LogP contribution is -2.33. The summed E-state index contributed by atoms with van der Waals surface area (Å²) in [6.45, 7) is 2.57. The Balaban J connectivity index is 1.42. The first-order valence-corrected chi connectivity index (χ1v) is 7.98. The number of nitrogens with two attached hydrogens (primary N) is 1. The second-order valence-corrected chi connectivity index (χ2v) is 6.09. The lowest BCUT2D eigenvalue weighted by atomic mass is 9.95. The molecule has 124 valence electrons. The van der Waals surface area contributed by atoms with E-state index in [9.17, 15) is 4.39 Å². The van der Waals surface area contributed by atoms with Crippen LogP contribution in [0.2, 0.25) is 0 Å². The quantitative estimate of drug-likeness (QED) is 0.762. The number of fused-ring (bicyclic) bond motifs is 1. The van der Waals surface area contributed by atoms with Gasteiger partial charge in [-0.05, 0) is 38.1 Å². The molecule has 0 radical (unpaired) electrons. The number of nitrogens with one attached hydrogen (secondary N) is 1. The van der Waals surface area contributed by atoms with Gasteiger partial charge in [-0.25, -0.2) is 19.3 Å². The second kappa shape index (κ2) is 6.12. The molecule has 0 unspecified atom stereocenters. The summed E-state index contributed by atoms with van der Waals surface area (Å²) in [5, 5.41) is 0. The van der Waals surface area contributed by atoms with Crippen molar-refractivity contribution in [3.63, 3.8) is 0 Å². The van der Waals surface area contributed by atoms with Crippen molar-refractivity contribution in [2.45, 2.75) is 25.3 Å². The molecule has 0 saturated carbocycles. The number of halogens is 1. The van der Waals surface area contributed by atoms with Crippen LogP contribution in [0.15, 0.2) is 24.7 Å². The van der Waals surface area contributed by atoms with E-state index in [1.165, 1.54) is 12.3 Å². The van der Waals surface area contributed by atoms with Crippen molar-refractivity contribution in [1.82, 2.24) is 29.8 Å². The van der Waals surface area contributed by atoms with Crippen LogP contribution < -0.4 is 5.73 Å². The van der Waals surface area contributed by atoms with E-state index in [0.717, 1.165) is 44.0 Å². The lowest BCUT2D eigenvalue weighted by Gasteiger charge is -2.30. The van der Waals surface area contributed by atoms with Gasteiger partial charge in [0.2, 0.25) is 0 Å². The molecule has 1 fully saturated rings. The standard InChI is InChI=1S/C16H18FN7/c17-11-1-2-12(19-7-11)8-24-5-3-10(4-6-24)15-22-14(18)13-16(23-15)21-9-20-13/h1-2,7,9-10H,3-6,8H2,(H3,18,20,21,22,23). The Hall–Kier alpha value is -2.61. The molecule has 0 bridgehead atoms. The van der Waals surface area contributed by atoms with Gasteiger partial charge in [-0.1, -0.05) is 0 Å². The van der Waals surface area contributed by atoms with E-state index in [0.29, 0.717) is 17.0 Å². The topological polar surface area (TPSA) is 96.6 Å². The number of piperidine rings is 1. The first-order chi connectivity index (χ1) is 11.7. The molecule has 7 nitrogen and oxygen atoms in total. The molecular formula is C16H18FN7. The van der Waals surface area contributed by atoms with Gasteiger partial charge in [-0.15, -0.1) is 0 Å². The second-order valence-electron chi connectivity index (χ2n) is 6.09. The zero-order chi connectivity index (χ0) is 16.5. The average molecular weight is 327 g/mol. The minimum absolute atomic E-state index is 0.283. The number of anilines is 1. The number of nitrogen functional groups attached to an aromatic ring is 1. The first-order valence-electron chi connectivity index (χ1n) is 7.98. The Bertz CT molecular complexity index is 837. The summed E-state index contributed by atoms with van der Waals surface area (Å²) >= 11 is 0. The lowest BCUT2D eigenvalue weighted by molar-refractivity contribution is 0.199. The van der Waals surface area contributed by atoms with E-state index in [-0.39, 0.29) is 11.7 Å². The Labute approximate surface area is 138 Å². The molecule has 24 heavy (non-hydrogen) atoms. The van der Waals surface area contributed by atoms with Gasteiger partial charge in [0.05, 0.1) is 18.2 Å². The van der Waals surface area contributed by atoms with Crippen LogP contribution in [0, 0.1) is 5.82 Å². The van der Waals surface area contributed by atoms with Crippen LogP contribution in [0.3, 0.4) is 0 Å². The number of aromatic nitrogens is 5. The zero-order valence-electron chi connectivity index (χ0n) is 13.1. The Morgan fingerprint density at radius 2 is 2.04 bits per heavy atom. The monoisotopic (exact) mass is 327 g/mol. The van der Waals surface area contributed by atoms with Crippen molar-refractivity contribution in [3.8, 4) is 0 Å². The number of likely N-dealkylation sites (tertiary alicyclic amines) is 1. The Morgan fingerprint density at radius 1 is 1.21 bits per heavy atom. The normalized spacial score (nSPS) is 16.7. The van der Waals surface area contributed by atoms with Gasteiger partial charge in [0.15, 0.2) is 11.5 Å². The highest BCUT2D eigenvalue weighted by atomic mass is 19.1. The predicted octanol–water partition coefficient (Wildman–Crippen LogP) is 1.85. The van der Waals surface area contributed by atoms with Gasteiger partial charge >= 0.3 is 0 Å². The number of pyridine rings is 1. The van der Waals surface area contributed by atoms with Crippen molar-refractivity contribution in [1.29, 1.82) is 0 Å². The first kappa shape index (κ1) is 14.9. The molecular weight excluding hydrogens is 309 g/mol. The summed E-state index contributed by atoms with van der Waals surface area (Å²) in [5.41, 5.74) is 8.17. The van der Waals surface area contributed by atoms with Crippen molar-refractivity contribution in [2.24, 2.45) is 0 Å². The molecule has 3 aromatic rings. The molecule has 1 saturated heterocycles. The molecule has 4 rings (SSSR count). The predicted molar refractivity (Wildman–Crippen MR) is 87.5 cm³/mol. The maximum Gasteiger partial charge on any atom is 0.183 e. The molecule has 3 N–H and O–H groups in total. The van der Waals surface area contributed by atoms with E-state index < -0.39 is 0 Å². The number of hydrogen-bond donors (Lipinski definition) is 2. The highest BCUT2D eigenvalue weighted by Crippen LogP contribution is 2.28. The molecule has 1 aliphatic heterocycles. The summed E-state index contributed by atoms with van der Waals surface area (Å²) in [6.07, 6.45) is 4.75. The molecule has 0 amide bonds. The van der Waals surface area contributed by atoms with Gasteiger partial charge in [0.25, 0.3) is 0 Å². The summed E-state index contributed by atoms with van der Waals surface area (Å²) in [5.74, 6) is 1.20. The maximum absolute atomic E-state index is 12.9. The van der Waals surface area contributed by atoms with Gasteiger partial charge in [0.1, 0.15) is 17.2 Å². The largest absolute Gasteiger partial charge is 0.382 e. The number of rotatable bonds is 3. The third-order valence-electron chi connectivity index (χ3n) is 4.46. The summed E-state index contributed by atoms with van der Waals surface area (Å²) in [4.78, 5) is 22.5. The van der Waals surface area contributed by atoms with Crippen molar-refractivity contribution in [2.75, 3.05) is 18.8 Å². The Kier molecular flexibility index (Phi) is 3.81. The van der Waals surface area contributed by atoms with E-state index in [4.69, 9.17) is 5.73 Å². The van der Waals surface area contributed by atoms with Crippen LogP contribution in [-0.4, -0.2) is 42.9 Å². The highest BCUT2D eigenvalue weighted by Gasteiger charge is 2.24. The molecule has 3 aromatic heterocycles. The third kappa shape index (κ3) is 2.92. The van der Waals surface area contributed by atoms with Crippen molar-refractivity contribution < 1.29 is 4.39 Å². The molecule has 0 atom stereocenters. The van der Waals surface area contributed by atoms with Crippen LogP contribution in [-0.2, 0) is 6.54 Å². The van der Waals surface area contributed by atoms with Crippen LogP contribution in [0.25, 0.3) is 11.2 Å². The fourth-order valence-corrected chi connectivity index (χ4v) is 3.13. The van der Waals surface area contributed by atoms with Crippen molar-refractivity contribution >= 4 is 17.0 Å². The SMILES string of the molecule is Nc1nc(C2CCN(Cc3ccc(F)cn3)CC2)nc2nc[nH]c12. The van der Waals surface area contributed by atoms with E-state index >= 15 is 0 Å². The van der Waals surface area contributed by atoms with Crippen LogP contribution in [0.4, 0.5) is 10.2 Å². The van der Waals surface area contributed by atoms with Gasteiger partial charge in [-0.3, -0.25) is 9.88 Å². The van der Waals surface area contributed by atoms with Gasteiger partial charge in [-0.2, -0.15) is 0 Å². The summed E-state index contributed by atoms with van der Waals surface area (Å²) < 4.78 is 12.9. The summed E-state index contributed by atoms with van der Waals surface area (Å²) in [6, 6.07) is 3.18. The van der Waals surface area contributed by atoms with Gasteiger partial charge < -0.3 is 10.7 Å². The number of hydrogen-bond acceptors (Lipinski definition) is 6. The summed E-state index contributed by atoms with van der Waals surface area (Å²) in [7, 11) is 0. The zero-order valence-corrected chi connectivity index (χ0v) is 13.1. The Morgan fingerprint density at radius 3 is 2.79 bits per heavy atom. The number of nitrogens with zero attached hydrogens (tertiary/aromatic N) is 5. The molecule has 4 heterocycles. The third-order valence-corrected chi connectivity index (χ3v) is 4.46. The van der Waals surface area contributed by atoms with Gasteiger partial charge in [0, 0.05) is 12.5 Å². The van der Waals surface area contributed by atoms with Crippen LogP contribution >= 0.6 is 0 Å². The minimum atomic E-state index is -0.305. The van der Waals surface area contributed by atoms with E-state index in [1.807, 2.05) is 0 Å². The van der Waals surface area contributed by atoms with E-state index in [1.54, 1.807) is 12.4 Å². The van der Waals surface area contributed by atoms with Crippen molar-refractivity contribution in [3.05, 3.63) is 42.0 Å². The molecule has 0 aromatic carbocycles. The number of aromatic amines is 1. The van der Waals surface area contributed by atoms with Crippen LogP contribution in [0.1, 0.15) is 30.3 Å². The number of imidazole rings is 1. The molecule has 1 aliphatic rings. The molecule has 0 aliphatic carbocycles. The fourth-order valence-electron chi connectivity index (χ4n) is 3.13. The maximum atomic E-state index is 12.9. The smallest absolute Gasteiger partial charge is 0.183 e. The molecule has 0 spiro atoms. The minimum Gasteiger partial charge on any atom is -0.382 e. The average Bonchev–Trinajstić information content (AvgIpc) is 3.07. The highest BCUT2D eigenvalue weighted by molar-refractivity contribution is 5.80.